The van der Waals surface area contributed by atoms with Crippen molar-refractivity contribution in [2.45, 2.75) is 133 Å². The fraction of sp³-hybridized carbons (Fsp3) is 0.473. The summed E-state index contributed by atoms with van der Waals surface area (Å²) in [5, 5.41) is 43.3. The number of aliphatic hydroxyl groups is 3. The molecule has 2 bridgehead atoms. The van der Waals surface area contributed by atoms with Crippen LogP contribution in [-0.2, 0) is 62.2 Å². The highest BCUT2D eigenvalue weighted by Crippen LogP contribution is 2.64. The van der Waals surface area contributed by atoms with E-state index in [4.69, 9.17) is 33.2 Å². The molecule has 2 amide bonds. The van der Waals surface area contributed by atoms with E-state index >= 15 is 9.59 Å². The van der Waals surface area contributed by atoms with Gasteiger partial charge in [0, 0.05) is 25.2 Å². The maximum atomic E-state index is 15.4. The quantitative estimate of drug-likeness (QED) is 0.0902. The van der Waals surface area contributed by atoms with Gasteiger partial charge in [-0.15, -0.1) is 0 Å². The van der Waals surface area contributed by atoms with Crippen LogP contribution in [0.25, 0.3) is 6.08 Å². The lowest BCUT2D eigenvalue weighted by Crippen LogP contribution is -2.83. The molecule has 2 heterocycles. The molecule has 0 spiro atoms. The predicted octanol–water partition coefficient (Wildman–Crippen LogP) is 4.37. The third kappa shape index (κ3) is 10.1. The molecule has 3 aromatic rings. The molecule has 0 unspecified atom stereocenters. The summed E-state index contributed by atoms with van der Waals surface area (Å²) in [6.45, 7) is 9.39. The molecule has 2 saturated carbocycles. The van der Waals surface area contributed by atoms with Gasteiger partial charge in [-0.3, -0.25) is 14.4 Å². The number of aliphatic hydroxyl groups excluding tert-OH is 2. The highest BCUT2D eigenvalue weighted by atomic mass is 32.2. The number of sulfone groups is 1. The number of alkyl carbamates (subject to hydrolysis) is 2. The van der Waals surface area contributed by atoms with Gasteiger partial charge in [0.05, 0.1) is 39.4 Å². The molecule has 0 radical (unpaired) electrons. The lowest BCUT2D eigenvalue weighted by atomic mass is 9.44. The van der Waals surface area contributed by atoms with Crippen molar-refractivity contribution in [3.05, 3.63) is 118 Å². The van der Waals surface area contributed by atoms with Crippen LogP contribution in [0.1, 0.15) is 95.8 Å². The maximum Gasteiger partial charge on any atom is 0.408 e. The Bertz CT molecular complexity index is 3040. The van der Waals surface area contributed by atoms with Crippen molar-refractivity contribution in [3.63, 3.8) is 0 Å². The van der Waals surface area contributed by atoms with Crippen molar-refractivity contribution >= 4 is 57.8 Å². The Morgan fingerprint density at radius 2 is 1.52 bits per heavy atom. The number of Topliss-reactive ketones (excluding diaryl/α,β-unsaturated/α-hetero) is 1. The second-order valence-electron chi connectivity index (χ2n) is 21.6. The lowest BCUT2D eigenvalue weighted by molar-refractivity contribution is -0.350. The zero-order valence-corrected chi connectivity index (χ0v) is 44.4. The van der Waals surface area contributed by atoms with E-state index in [2.05, 4.69) is 10.6 Å². The number of ketones is 1. The number of fused-ring (bicyclic) bond motifs is 6. The summed E-state index contributed by atoms with van der Waals surface area (Å²) in [4.78, 5) is 98.7. The van der Waals surface area contributed by atoms with E-state index in [0.29, 0.717) is 5.56 Å². The molecule has 3 aromatic carbocycles. The molecule has 77 heavy (non-hydrogen) atoms. The predicted molar refractivity (Wildman–Crippen MR) is 268 cm³/mol. The summed E-state index contributed by atoms with van der Waals surface area (Å²) in [7, 11) is -3.98. The van der Waals surface area contributed by atoms with E-state index in [1.807, 2.05) is 0 Å². The topological polar surface area (TPSA) is 303 Å². The number of hydrogen-bond donors (Lipinski definition) is 5. The van der Waals surface area contributed by atoms with Crippen LogP contribution in [0.5, 0.6) is 0 Å². The van der Waals surface area contributed by atoms with E-state index in [1.165, 1.54) is 70.2 Å². The van der Waals surface area contributed by atoms with Gasteiger partial charge < -0.3 is 59.1 Å². The van der Waals surface area contributed by atoms with Gasteiger partial charge >= 0.3 is 36.1 Å². The number of ether oxygens (including phenoxy) is 7. The molecule has 412 valence electrons. The molecule has 1 saturated heterocycles. The van der Waals surface area contributed by atoms with Crippen LogP contribution in [0.15, 0.2) is 106 Å². The Kier molecular flexibility index (Phi) is 15.2. The monoisotopic (exact) mass is 1090 g/mol. The van der Waals surface area contributed by atoms with Crippen LogP contribution >= 0.6 is 0 Å². The van der Waals surface area contributed by atoms with Gasteiger partial charge in [0.25, 0.3) is 0 Å². The summed E-state index contributed by atoms with van der Waals surface area (Å²) in [5.74, 6) is -7.36. The lowest BCUT2D eigenvalue weighted by Gasteiger charge is -2.67. The summed E-state index contributed by atoms with van der Waals surface area (Å²) in [5.41, 5.74) is -9.26. The minimum Gasteiger partial charge on any atom is -0.456 e. The fourth-order valence-corrected chi connectivity index (χ4v) is 13.2. The van der Waals surface area contributed by atoms with Crippen molar-refractivity contribution in [2.24, 2.45) is 16.7 Å². The number of esters is 4. The van der Waals surface area contributed by atoms with Gasteiger partial charge in [0.2, 0.25) is 15.9 Å². The van der Waals surface area contributed by atoms with Gasteiger partial charge in [0.15, 0.2) is 11.4 Å². The smallest absolute Gasteiger partial charge is 0.408 e. The first kappa shape index (κ1) is 56.2. The molecular formula is C55H62N2O19S. The summed E-state index contributed by atoms with van der Waals surface area (Å²) in [6.07, 6.45) is -12.9. The summed E-state index contributed by atoms with van der Waals surface area (Å²) in [6, 6.07) is 19.8. The fourth-order valence-electron chi connectivity index (χ4n) is 11.7. The normalized spacial score (nSPS) is 29.3. The molecule has 8 rings (SSSR count). The average Bonchev–Trinajstić information content (AvgIpc) is 3.84. The molecule has 5 N–H and O–H groups in total. The number of carbonyl (C=O) groups excluding carboxylic acids is 7. The summed E-state index contributed by atoms with van der Waals surface area (Å²) < 4.78 is 67.5. The summed E-state index contributed by atoms with van der Waals surface area (Å²) >= 11 is 0. The number of rotatable bonds is 13. The minimum absolute atomic E-state index is 0.0220. The van der Waals surface area contributed by atoms with Crippen molar-refractivity contribution in [2.75, 3.05) is 19.8 Å². The van der Waals surface area contributed by atoms with E-state index in [9.17, 15) is 47.7 Å². The molecule has 3 fully saturated rings. The van der Waals surface area contributed by atoms with Crippen LogP contribution in [0.2, 0.25) is 0 Å². The average molecular weight is 1090 g/mol. The zero-order chi connectivity index (χ0) is 56.2. The highest BCUT2D eigenvalue weighted by molar-refractivity contribution is 7.95. The first-order valence-corrected chi connectivity index (χ1v) is 26.4. The number of carbonyl (C=O) groups is 7. The SMILES string of the molecule is CC(=O)O[C@@]12CO[C@@H]1C[C@H](O)[C@@]1(C)C(=O)[C@H](O)C3=C(C)C[C@@H](OC(=O)[C@H](OC(=O)CNC(=O)OCC4=Cc5ccccc5S4(=O)=O)[C@@H](NC(=O)OC(C)(C)C)c4ccccc4)[C@@](O)([C@@H](OC(=O)c4ccccc4)[C@H]21)C3(C)C. The standard InChI is InChI=1S/C55H62N2O19S/c1-29-23-38(55(67)46(74-47(63)32-19-13-10-14-20-32)44-53(8,45(62)42(61)40(29)52(55,6)7)36(59)25-37-54(44,28-71-37)75-30(2)58)72-48(64)43(41(31-17-11-9-12-18-31)57-50(66)76-51(3,4)5)73-39(60)26-56-49(65)70-27-34-24-33-21-15-16-22-35(33)77(34,68)69/h9-22,24,36-38,41-44,46,59,61,67H,23,25-28H2,1-8H3,(H,56,65)(H,57,66)/t36-,37+,38+,41-,42+,43+,44-,46-,53+,54-,55+/m0/s1. The Labute approximate surface area is 444 Å². The van der Waals surface area contributed by atoms with Crippen LogP contribution in [0.3, 0.4) is 0 Å². The minimum atomic E-state index is -3.98. The van der Waals surface area contributed by atoms with Gasteiger partial charge in [-0.05, 0) is 75.6 Å². The van der Waals surface area contributed by atoms with Crippen molar-refractivity contribution in [1.29, 1.82) is 0 Å². The molecule has 5 aliphatic rings. The Hall–Kier alpha value is -6.98. The third-order valence-electron chi connectivity index (χ3n) is 15.3. The van der Waals surface area contributed by atoms with E-state index in [1.54, 1.807) is 69.3 Å². The van der Waals surface area contributed by atoms with Crippen LogP contribution in [-0.4, -0.2) is 139 Å². The molecule has 0 aromatic heterocycles. The first-order chi connectivity index (χ1) is 36.1. The second kappa shape index (κ2) is 20.8. The Balaban J connectivity index is 1.20. The van der Waals surface area contributed by atoms with Crippen molar-refractivity contribution < 1.29 is 90.5 Å². The number of hydrogen-bond acceptors (Lipinski definition) is 19. The van der Waals surface area contributed by atoms with E-state index < -0.39 is 154 Å². The van der Waals surface area contributed by atoms with Crippen LogP contribution < -0.4 is 10.6 Å². The molecule has 11 atom stereocenters. The maximum absolute atomic E-state index is 15.4. The largest absolute Gasteiger partial charge is 0.456 e. The van der Waals surface area contributed by atoms with Crippen LogP contribution in [0, 0.1) is 16.7 Å². The van der Waals surface area contributed by atoms with Crippen LogP contribution in [0.4, 0.5) is 9.59 Å². The van der Waals surface area contributed by atoms with Gasteiger partial charge in [-0.1, -0.05) is 86.2 Å². The number of nitrogens with one attached hydrogen (secondary N) is 2. The van der Waals surface area contributed by atoms with E-state index in [0.717, 1.165) is 6.92 Å². The van der Waals surface area contributed by atoms with Gasteiger partial charge in [-0.2, -0.15) is 0 Å². The van der Waals surface area contributed by atoms with E-state index in [-0.39, 0.29) is 38.5 Å². The molecule has 2 aliphatic heterocycles. The number of benzene rings is 3. The zero-order valence-electron chi connectivity index (χ0n) is 43.6. The second-order valence-corrected chi connectivity index (χ2v) is 23.6. The van der Waals surface area contributed by atoms with Gasteiger partial charge in [0.1, 0.15) is 54.8 Å². The Morgan fingerprint density at radius 3 is 2.13 bits per heavy atom. The molecule has 22 heteroatoms. The van der Waals surface area contributed by atoms with Gasteiger partial charge in [-0.25, -0.2) is 27.6 Å². The molecular weight excluding hydrogens is 1020 g/mol. The molecule has 3 aliphatic carbocycles. The number of amides is 2. The third-order valence-corrected chi connectivity index (χ3v) is 17.2. The first-order valence-electron chi connectivity index (χ1n) is 24.9. The van der Waals surface area contributed by atoms with Crippen molar-refractivity contribution in [3.8, 4) is 0 Å². The van der Waals surface area contributed by atoms with Crippen molar-refractivity contribution in [1.82, 2.24) is 10.6 Å². The Morgan fingerprint density at radius 1 is 0.883 bits per heavy atom. The highest BCUT2D eigenvalue weighted by Gasteiger charge is 2.79. The molecule has 21 nitrogen and oxygen atoms in total.